The Kier molecular flexibility index (Phi) is 7.50. The second kappa shape index (κ2) is 9.12. The van der Waals surface area contributed by atoms with Crippen LogP contribution in [0.5, 0.6) is 0 Å². The van der Waals surface area contributed by atoms with E-state index in [0.29, 0.717) is 0 Å². The smallest absolute Gasteiger partial charge is 0.326 e. The van der Waals surface area contributed by atoms with Crippen LogP contribution < -0.4 is 11.1 Å². The summed E-state index contributed by atoms with van der Waals surface area (Å²) in [5, 5.41) is 11.6. The molecule has 4 N–H and O–H groups in total. The Morgan fingerprint density at radius 3 is 2.56 bits per heavy atom. The molecular formula is C17H25N3O5. The Labute approximate surface area is 146 Å². The molecule has 1 aromatic rings. The summed E-state index contributed by atoms with van der Waals surface area (Å²) in [4.78, 5) is 39.0. The highest BCUT2D eigenvalue weighted by Gasteiger charge is 2.25. The molecule has 1 aromatic heterocycles. The van der Waals surface area contributed by atoms with E-state index in [2.05, 4.69) is 10.3 Å². The number of aliphatic carboxylic acids is 1. The van der Waals surface area contributed by atoms with Gasteiger partial charge in [0.05, 0.1) is 6.04 Å². The number of carbonyl (C=O) groups excluding carboxylic acids is 2. The minimum absolute atomic E-state index is 0.0738. The van der Waals surface area contributed by atoms with Gasteiger partial charge in [-0.25, -0.2) is 4.79 Å². The summed E-state index contributed by atoms with van der Waals surface area (Å²) in [5.74, 6) is -2.35. The number of ether oxygens (including phenoxy) is 1. The Balaban J connectivity index is 2.54. The zero-order valence-electron chi connectivity index (χ0n) is 14.7. The SMILES string of the molecule is CC(C)(C)OC(=O)CC[C@H](NC(=O)[C@@H](N)Cc1cccnc1)C(=O)O. The number of esters is 1. The van der Waals surface area contributed by atoms with Gasteiger partial charge in [0.25, 0.3) is 0 Å². The predicted molar refractivity (Wildman–Crippen MR) is 90.6 cm³/mol. The van der Waals surface area contributed by atoms with Gasteiger partial charge in [0, 0.05) is 18.8 Å². The first-order valence-corrected chi connectivity index (χ1v) is 7.98. The van der Waals surface area contributed by atoms with Gasteiger partial charge in [-0.05, 0) is 45.2 Å². The van der Waals surface area contributed by atoms with Crippen LogP contribution in [-0.4, -0.2) is 45.6 Å². The van der Waals surface area contributed by atoms with E-state index in [4.69, 9.17) is 10.5 Å². The lowest BCUT2D eigenvalue weighted by molar-refractivity contribution is -0.155. The highest BCUT2D eigenvalue weighted by Crippen LogP contribution is 2.10. The number of aromatic nitrogens is 1. The van der Waals surface area contributed by atoms with Gasteiger partial charge in [0.15, 0.2) is 0 Å². The van der Waals surface area contributed by atoms with Gasteiger partial charge in [0.1, 0.15) is 11.6 Å². The summed E-state index contributed by atoms with van der Waals surface area (Å²) in [7, 11) is 0. The zero-order valence-corrected chi connectivity index (χ0v) is 14.7. The fraction of sp³-hybridized carbons (Fsp3) is 0.529. The van der Waals surface area contributed by atoms with E-state index in [1.165, 1.54) is 0 Å². The van der Waals surface area contributed by atoms with Crippen molar-refractivity contribution < 1.29 is 24.2 Å². The molecular weight excluding hydrogens is 326 g/mol. The van der Waals surface area contributed by atoms with Crippen molar-refractivity contribution in [3.05, 3.63) is 30.1 Å². The molecule has 1 amide bonds. The molecule has 0 aliphatic heterocycles. The van der Waals surface area contributed by atoms with E-state index >= 15 is 0 Å². The molecule has 138 valence electrons. The minimum atomic E-state index is -1.23. The Hall–Kier alpha value is -2.48. The average Bonchev–Trinajstić information content (AvgIpc) is 2.50. The van der Waals surface area contributed by atoms with Crippen LogP contribution in [0, 0.1) is 0 Å². The highest BCUT2D eigenvalue weighted by molar-refractivity contribution is 5.87. The van der Waals surface area contributed by atoms with Gasteiger partial charge in [-0.15, -0.1) is 0 Å². The lowest BCUT2D eigenvalue weighted by atomic mass is 10.1. The molecule has 0 unspecified atom stereocenters. The summed E-state index contributed by atoms with van der Waals surface area (Å²) in [6, 6.07) is 1.38. The molecule has 1 heterocycles. The maximum Gasteiger partial charge on any atom is 0.326 e. The Morgan fingerprint density at radius 1 is 1.36 bits per heavy atom. The van der Waals surface area contributed by atoms with E-state index < -0.39 is 35.5 Å². The molecule has 0 fully saturated rings. The number of carboxylic acids is 1. The lowest BCUT2D eigenvalue weighted by Crippen LogP contribution is -2.49. The molecule has 0 saturated heterocycles. The van der Waals surface area contributed by atoms with Crippen molar-refractivity contribution in [2.45, 2.75) is 57.7 Å². The van der Waals surface area contributed by atoms with Gasteiger partial charge in [-0.3, -0.25) is 14.6 Å². The third-order valence-electron chi connectivity index (χ3n) is 3.19. The van der Waals surface area contributed by atoms with E-state index in [-0.39, 0.29) is 19.3 Å². The number of hydrogen-bond donors (Lipinski definition) is 3. The second-order valence-corrected chi connectivity index (χ2v) is 6.70. The number of carboxylic acid groups (broad SMARTS) is 1. The molecule has 8 nitrogen and oxygen atoms in total. The van der Waals surface area contributed by atoms with E-state index in [9.17, 15) is 19.5 Å². The van der Waals surface area contributed by atoms with Gasteiger partial charge in [-0.2, -0.15) is 0 Å². The van der Waals surface area contributed by atoms with Crippen molar-refractivity contribution in [1.82, 2.24) is 10.3 Å². The fourth-order valence-electron chi connectivity index (χ4n) is 2.06. The number of nitrogens with one attached hydrogen (secondary N) is 1. The molecule has 0 spiro atoms. The van der Waals surface area contributed by atoms with E-state index in [0.717, 1.165) is 5.56 Å². The predicted octanol–water partition coefficient (Wildman–Crippen LogP) is 0.643. The van der Waals surface area contributed by atoms with Gasteiger partial charge in [0.2, 0.25) is 5.91 Å². The first-order valence-electron chi connectivity index (χ1n) is 7.98. The summed E-state index contributed by atoms with van der Waals surface area (Å²) in [5.41, 5.74) is 5.93. The molecule has 0 saturated carbocycles. The standard InChI is InChI=1S/C17H25N3O5/c1-17(2,3)25-14(21)7-6-13(16(23)24)20-15(22)12(18)9-11-5-4-8-19-10-11/h4-5,8,10,12-13H,6-7,9,18H2,1-3H3,(H,20,22)(H,23,24)/t12-,13-/m0/s1. The molecule has 0 aliphatic carbocycles. The summed E-state index contributed by atoms with van der Waals surface area (Å²) >= 11 is 0. The summed E-state index contributed by atoms with van der Waals surface area (Å²) in [6.45, 7) is 5.16. The molecule has 0 radical (unpaired) electrons. The molecule has 0 bridgehead atoms. The minimum Gasteiger partial charge on any atom is -0.480 e. The van der Waals surface area contributed by atoms with Gasteiger partial charge < -0.3 is 20.9 Å². The van der Waals surface area contributed by atoms with Crippen LogP contribution in [0.1, 0.15) is 39.2 Å². The highest BCUT2D eigenvalue weighted by atomic mass is 16.6. The molecule has 0 aromatic carbocycles. The fourth-order valence-corrected chi connectivity index (χ4v) is 2.06. The Morgan fingerprint density at radius 2 is 2.04 bits per heavy atom. The largest absolute Gasteiger partial charge is 0.480 e. The van der Waals surface area contributed by atoms with Crippen LogP contribution in [0.15, 0.2) is 24.5 Å². The Bertz CT molecular complexity index is 598. The number of carbonyl (C=O) groups is 3. The number of hydrogen-bond acceptors (Lipinski definition) is 6. The van der Waals surface area contributed by atoms with Crippen molar-refractivity contribution >= 4 is 17.8 Å². The van der Waals surface area contributed by atoms with Gasteiger partial charge >= 0.3 is 11.9 Å². The van der Waals surface area contributed by atoms with Gasteiger partial charge in [-0.1, -0.05) is 6.07 Å². The molecule has 2 atom stereocenters. The third-order valence-corrected chi connectivity index (χ3v) is 3.19. The molecule has 0 aliphatic rings. The average molecular weight is 351 g/mol. The molecule has 25 heavy (non-hydrogen) atoms. The summed E-state index contributed by atoms with van der Waals surface area (Å²) < 4.78 is 5.12. The first-order chi connectivity index (χ1) is 11.6. The summed E-state index contributed by atoms with van der Waals surface area (Å²) in [6.07, 6.45) is 3.23. The van der Waals surface area contributed by atoms with Crippen molar-refractivity contribution in [3.63, 3.8) is 0 Å². The maximum atomic E-state index is 12.1. The second-order valence-electron chi connectivity index (χ2n) is 6.70. The van der Waals surface area contributed by atoms with Crippen molar-refractivity contribution in [3.8, 4) is 0 Å². The first kappa shape index (κ1) is 20.6. The van der Waals surface area contributed by atoms with Crippen LogP contribution in [0.4, 0.5) is 0 Å². The van der Waals surface area contributed by atoms with Crippen molar-refractivity contribution in [1.29, 1.82) is 0 Å². The number of nitrogens with two attached hydrogens (primary N) is 1. The monoisotopic (exact) mass is 351 g/mol. The number of nitrogens with zero attached hydrogens (tertiary/aromatic N) is 1. The van der Waals surface area contributed by atoms with Crippen LogP contribution >= 0.6 is 0 Å². The van der Waals surface area contributed by atoms with E-state index in [1.54, 1.807) is 45.3 Å². The quantitative estimate of drug-likeness (QED) is 0.586. The molecule has 1 rings (SSSR count). The van der Waals surface area contributed by atoms with Crippen LogP contribution in [-0.2, 0) is 25.5 Å². The maximum absolute atomic E-state index is 12.1. The van der Waals surface area contributed by atoms with Crippen LogP contribution in [0.2, 0.25) is 0 Å². The van der Waals surface area contributed by atoms with Crippen LogP contribution in [0.25, 0.3) is 0 Å². The third kappa shape index (κ3) is 8.25. The topological polar surface area (TPSA) is 132 Å². The van der Waals surface area contributed by atoms with E-state index in [1.807, 2.05) is 0 Å². The zero-order chi connectivity index (χ0) is 19.0. The van der Waals surface area contributed by atoms with Crippen LogP contribution in [0.3, 0.4) is 0 Å². The number of amides is 1. The van der Waals surface area contributed by atoms with Crippen molar-refractivity contribution in [2.24, 2.45) is 5.73 Å². The normalized spacial score (nSPS) is 13.6. The molecule has 8 heteroatoms. The van der Waals surface area contributed by atoms with Crippen molar-refractivity contribution in [2.75, 3.05) is 0 Å². The lowest BCUT2D eigenvalue weighted by Gasteiger charge is -2.21. The number of pyridine rings is 1. The number of rotatable bonds is 8.